The van der Waals surface area contributed by atoms with Gasteiger partial charge in [0.05, 0.1) is 0 Å². The van der Waals surface area contributed by atoms with Crippen LogP contribution < -0.4 is 9.47 Å². The van der Waals surface area contributed by atoms with Crippen LogP contribution in [0, 0.1) is 5.92 Å². The zero-order valence-electron chi connectivity index (χ0n) is 12.2. The van der Waals surface area contributed by atoms with Gasteiger partial charge in [0.25, 0.3) is 0 Å². The maximum Gasteiger partial charge on any atom is 0.164 e. The maximum absolute atomic E-state index is 9.69. The molecule has 6 nitrogen and oxygen atoms in total. The van der Waals surface area contributed by atoms with Gasteiger partial charge in [-0.25, -0.2) is 9.67 Å². The van der Waals surface area contributed by atoms with Crippen LogP contribution in [0.1, 0.15) is 31.3 Å². The Morgan fingerprint density at radius 1 is 1.48 bits per heavy atom. The number of hydrogen-bond donors (Lipinski definition) is 1. The molecule has 2 heterocycles. The molecule has 2 aromatic rings. The Morgan fingerprint density at radius 3 is 3.14 bits per heavy atom. The van der Waals surface area contributed by atoms with E-state index in [0.29, 0.717) is 30.6 Å². The van der Waals surface area contributed by atoms with Crippen LogP contribution >= 0.6 is 0 Å². The van der Waals surface area contributed by atoms with E-state index in [1.165, 1.54) is 0 Å². The van der Waals surface area contributed by atoms with Gasteiger partial charge in [0.2, 0.25) is 0 Å². The standard InChI is InChI=1S/C15H19N3O3/c1-10(2)6-18-15(16-9-17-18)8-20-11-3-4-12-13(19)7-21-14(12)5-11/h3-5,9-10,13,19H,6-8H2,1-2H3. The van der Waals surface area contributed by atoms with Crippen molar-refractivity contribution in [2.45, 2.75) is 33.1 Å². The van der Waals surface area contributed by atoms with Crippen LogP contribution in [0.4, 0.5) is 0 Å². The molecule has 112 valence electrons. The van der Waals surface area contributed by atoms with Gasteiger partial charge in [0.1, 0.15) is 37.1 Å². The predicted octanol–water partition coefficient (Wildman–Crippen LogP) is 1.94. The van der Waals surface area contributed by atoms with Crippen LogP contribution in [0.15, 0.2) is 24.5 Å². The largest absolute Gasteiger partial charge is 0.490 e. The first kappa shape index (κ1) is 13.9. The van der Waals surface area contributed by atoms with Crippen molar-refractivity contribution in [3.05, 3.63) is 35.9 Å². The first-order chi connectivity index (χ1) is 10.1. The van der Waals surface area contributed by atoms with E-state index in [1.54, 1.807) is 12.4 Å². The molecule has 1 aliphatic heterocycles. The first-order valence-electron chi connectivity index (χ1n) is 7.08. The third-order valence-corrected chi connectivity index (χ3v) is 3.34. The summed E-state index contributed by atoms with van der Waals surface area (Å²) < 4.78 is 13.0. The molecule has 6 heteroatoms. The van der Waals surface area contributed by atoms with Gasteiger partial charge in [-0.15, -0.1) is 0 Å². The Kier molecular flexibility index (Phi) is 3.79. The van der Waals surface area contributed by atoms with Crippen LogP contribution in [-0.2, 0) is 13.2 Å². The fraction of sp³-hybridized carbons (Fsp3) is 0.467. The van der Waals surface area contributed by atoms with Crippen LogP contribution in [0.2, 0.25) is 0 Å². The molecular weight excluding hydrogens is 270 g/mol. The number of benzene rings is 1. The van der Waals surface area contributed by atoms with Crippen molar-refractivity contribution in [1.82, 2.24) is 14.8 Å². The maximum atomic E-state index is 9.69. The van der Waals surface area contributed by atoms with Gasteiger partial charge in [-0.2, -0.15) is 5.10 Å². The highest BCUT2D eigenvalue weighted by atomic mass is 16.5. The molecule has 0 saturated heterocycles. The van der Waals surface area contributed by atoms with Crippen LogP contribution in [0.3, 0.4) is 0 Å². The zero-order chi connectivity index (χ0) is 14.8. The summed E-state index contributed by atoms with van der Waals surface area (Å²) in [5.74, 6) is 2.68. The molecule has 0 spiro atoms. The summed E-state index contributed by atoms with van der Waals surface area (Å²) in [6, 6.07) is 5.47. The summed E-state index contributed by atoms with van der Waals surface area (Å²) in [6.45, 7) is 5.75. The lowest BCUT2D eigenvalue weighted by Gasteiger charge is -2.10. The minimum absolute atomic E-state index is 0.307. The third kappa shape index (κ3) is 3.00. The SMILES string of the molecule is CC(C)Cn1ncnc1COc1ccc2c(c1)OCC2O. The van der Waals surface area contributed by atoms with Crippen molar-refractivity contribution >= 4 is 0 Å². The summed E-state index contributed by atoms with van der Waals surface area (Å²) in [5, 5.41) is 13.9. The van der Waals surface area contributed by atoms with Crippen molar-refractivity contribution in [1.29, 1.82) is 0 Å². The number of ether oxygens (including phenoxy) is 2. The Morgan fingerprint density at radius 2 is 2.33 bits per heavy atom. The van der Waals surface area contributed by atoms with Gasteiger partial charge < -0.3 is 14.6 Å². The Balaban J connectivity index is 1.67. The molecule has 0 aliphatic carbocycles. The number of fused-ring (bicyclic) bond motifs is 1. The highest BCUT2D eigenvalue weighted by molar-refractivity contribution is 5.44. The Labute approximate surface area is 123 Å². The second-order valence-electron chi connectivity index (χ2n) is 5.57. The number of nitrogens with zero attached hydrogens (tertiary/aromatic N) is 3. The quantitative estimate of drug-likeness (QED) is 0.911. The summed E-state index contributed by atoms with van der Waals surface area (Å²) in [4.78, 5) is 4.22. The summed E-state index contributed by atoms with van der Waals surface area (Å²) in [7, 11) is 0. The third-order valence-electron chi connectivity index (χ3n) is 3.34. The fourth-order valence-corrected chi connectivity index (χ4v) is 2.31. The van der Waals surface area contributed by atoms with Crippen molar-refractivity contribution in [2.75, 3.05) is 6.61 Å². The van der Waals surface area contributed by atoms with E-state index in [2.05, 4.69) is 23.9 Å². The summed E-state index contributed by atoms with van der Waals surface area (Å²) in [5.41, 5.74) is 0.810. The number of aliphatic hydroxyl groups is 1. The van der Waals surface area contributed by atoms with Crippen molar-refractivity contribution in [2.24, 2.45) is 5.92 Å². The molecule has 0 bridgehead atoms. The molecule has 1 aromatic carbocycles. The van der Waals surface area contributed by atoms with Crippen LogP contribution in [0.25, 0.3) is 0 Å². The average molecular weight is 289 g/mol. The van der Waals surface area contributed by atoms with Crippen molar-refractivity contribution in [3.63, 3.8) is 0 Å². The summed E-state index contributed by atoms with van der Waals surface area (Å²) >= 11 is 0. The van der Waals surface area contributed by atoms with Crippen molar-refractivity contribution < 1.29 is 14.6 Å². The molecule has 1 aliphatic rings. The van der Waals surface area contributed by atoms with E-state index in [4.69, 9.17) is 9.47 Å². The highest BCUT2D eigenvalue weighted by Gasteiger charge is 2.22. The summed E-state index contributed by atoms with van der Waals surface area (Å²) in [6.07, 6.45) is 1.01. The predicted molar refractivity (Wildman–Crippen MR) is 76.1 cm³/mol. The fourth-order valence-electron chi connectivity index (χ4n) is 2.31. The van der Waals surface area contributed by atoms with E-state index in [0.717, 1.165) is 17.9 Å². The smallest absolute Gasteiger partial charge is 0.164 e. The van der Waals surface area contributed by atoms with E-state index < -0.39 is 6.10 Å². The second kappa shape index (κ2) is 5.73. The molecule has 1 atom stereocenters. The molecule has 0 fully saturated rings. The molecule has 21 heavy (non-hydrogen) atoms. The minimum atomic E-state index is -0.539. The topological polar surface area (TPSA) is 69.4 Å². The number of aliphatic hydroxyl groups excluding tert-OH is 1. The molecule has 0 amide bonds. The molecular formula is C15H19N3O3. The van der Waals surface area contributed by atoms with E-state index in [9.17, 15) is 5.11 Å². The van der Waals surface area contributed by atoms with Gasteiger partial charge in [0, 0.05) is 18.2 Å². The van der Waals surface area contributed by atoms with E-state index in [-0.39, 0.29) is 0 Å². The normalized spacial score (nSPS) is 16.9. The zero-order valence-corrected chi connectivity index (χ0v) is 12.2. The van der Waals surface area contributed by atoms with Gasteiger partial charge in [-0.1, -0.05) is 13.8 Å². The molecule has 0 radical (unpaired) electrons. The number of hydrogen-bond acceptors (Lipinski definition) is 5. The number of rotatable bonds is 5. The van der Waals surface area contributed by atoms with Gasteiger partial charge in [0.15, 0.2) is 5.82 Å². The van der Waals surface area contributed by atoms with Gasteiger partial charge in [-0.05, 0) is 18.1 Å². The molecule has 3 rings (SSSR count). The van der Waals surface area contributed by atoms with Crippen LogP contribution in [0.5, 0.6) is 11.5 Å². The van der Waals surface area contributed by atoms with Crippen LogP contribution in [-0.4, -0.2) is 26.5 Å². The molecule has 1 N–H and O–H groups in total. The highest BCUT2D eigenvalue weighted by Crippen LogP contribution is 2.35. The second-order valence-corrected chi connectivity index (χ2v) is 5.57. The lowest BCUT2D eigenvalue weighted by Crippen LogP contribution is -2.12. The lowest BCUT2D eigenvalue weighted by molar-refractivity contribution is 0.140. The Hall–Kier alpha value is -2.08. The average Bonchev–Trinajstić information content (AvgIpc) is 3.03. The van der Waals surface area contributed by atoms with E-state index >= 15 is 0 Å². The van der Waals surface area contributed by atoms with Crippen molar-refractivity contribution in [3.8, 4) is 11.5 Å². The molecule has 1 aromatic heterocycles. The first-order valence-corrected chi connectivity index (χ1v) is 7.08. The molecule has 0 saturated carbocycles. The Bertz CT molecular complexity index is 624. The van der Waals surface area contributed by atoms with E-state index in [1.807, 2.05) is 16.8 Å². The number of aromatic nitrogens is 3. The van der Waals surface area contributed by atoms with Gasteiger partial charge >= 0.3 is 0 Å². The lowest BCUT2D eigenvalue weighted by atomic mass is 10.1. The van der Waals surface area contributed by atoms with Gasteiger partial charge in [-0.3, -0.25) is 0 Å². The monoisotopic (exact) mass is 289 g/mol. The minimum Gasteiger partial charge on any atom is -0.490 e. The molecule has 1 unspecified atom stereocenters.